The van der Waals surface area contributed by atoms with Gasteiger partial charge in [-0.1, -0.05) is 41.5 Å². The first-order valence-corrected chi connectivity index (χ1v) is 8.20. The maximum Gasteiger partial charge on any atom is 0.176 e. The fourth-order valence-electron chi connectivity index (χ4n) is 2.15. The quantitative estimate of drug-likeness (QED) is 0.557. The lowest BCUT2D eigenvalue weighted by Gasteiger charge is -2.32. The Kier molecular flexibility index (Phi) is 5.79. The van der Waals surface area contributed by atoms with Gasteiger partial charge in [-0.05, 0) is 12.2 Å². The van der Waals surface area contributed by atoms with Crippen LogP contribution in [0, 0.1) is 10.8 Å². The smallest absolute Gasteiger partial charge is 0.176 e. The normalized spacial score (nSPS) is 15.3. The molecule has 3 nitrogen and oxygen atoms in total. The summed E-state index contributed by atoms with van der Waals surface area (Å²) in [7, 11) is 8.19. The lowest BCUT2D eigenvalue weighted by molar-refractivity contribution is -0.462. The van der Waals surface area contributed by atoms with Crippen LogP contribution in [0.2, 0.25) is 0 Å². The average Bonchev–Trinajstić information content (AvgIpc) is 2.34. The molecule has 0 aliphatic carbocycles. The van der Waals surface area contributed by atoms with Crippen molar-refractivity contribution in [1.29, 1.82) is 0 Å². The van der Waals surface area contributed by atoms with E-state index < -0.39 is 0 Å². The van der Waals surface area contributed by atoms with Crippen LogP contribution in [0.4, 0.5) is 0 Å². The molecule has 3 heteroatoms. The number of allylic oxidation sites excluding steroid dienone is 6. The molecule has 0 saturated heterocycles. The second-order valence-corrected chi connectivity index (χ2v) is 8.72. The van der Waals surface area contributed by atoms with Crippen LogP contribution in [0.1, 0.15) is 41.5 Å². The SMILES string of the molecule is C[N+](C)=CC(C=[N+](C)C)=C1C=C(C(C)(C)C)OC(C(C)(C)C)=C1. The molecule has 1 aliphatic heterocycles. The zero-order chi connectivity index (χ0) is 18.0. The van der Waals surface area contributed by atoms with Crippen LogP contribution in [-0.4, -0.2) is 49.8 Å². The Labute approximate surface area is 142 Å². The molecule has 0 spiro atoms. The van der Waals surface area contributed by atoms with Gasteiger partial charge in [0.15, 0.2) is 12.4 Å². The monoisotopic (exact) mass is 318 g/mol. The highest BCUT2D eigenvalue weighted by atomic mass is 16.5. The Balaban J connectivity index is 3.64. The summed E-state index contributed by atoms with van der Waals surface area (Å²) in [4.78, 5) is 0. The van der Waals surface area contributed by atoms with Crippen LogP contribution >= 0.6 is 0 Å². The summed E-state index contributed by atoms with van der Waals surface area (Å²) in [6.45, 7) is 13.1. The highest BCUT2D eigenvalue weighted by Gasteiger charge is 2.29. The van der Waals surface area contributed by atoms with Gasteiger partial charge in [0.1, 0.15) is 45.3 Å². The average molecular weight is 319 g/mol. The Morgan fingerprint density at radius 2 is 1.13 bits per heavy atom. The number of hydrogen-bond donors (Lipinski definition) is 0. The minimum absolute atomic E-state index is 0.0304. The van der Waals surface area contributed by atoms with Crippen molar-refractivity contribution in [3.05, 3.63) is 34.8 Å². The first-order valence-electron chi connectivity index (χ1n) is 8.20. The van der Waals surface area contributed by atoms with E-state index in [4.69, 9.17) is 4.74 Å². The third kappa shape index (κ3) is 5.81. The molecule has 0 radical (unpaired) electrons. The lowest BCUT2D eigenvalue weighted by Crippen LogP contribution is -2.22. The number of rotatable bonds is 2. The van der Waals surface area contributed by atoms with Crippen molar-refractivity contribution < 1.29 is 13.9 Å². The molecule has 0 fully saturated rings. The fraction of sp³-hybridized carbons (Fsp3) is 0.600. The van der Waals surface area contributed by atoms with Crippen molar-refractivity contribution >= 4 is 12.4 Å². The molecule has 1 rings (SSSR count). The Bertz CT molecular complexity index is 555. The van der Waals surface area contributed by atoms with Crippen molar-refractivity contribution in [2.24, 2.45) is 10.8 Å². The van der Waals surface area contributed by atoms with E-state index in [-0.39, 0.29) is 10.8 Å². The molecule has 0 bridgehead atoms. The maximum atomic E-state index is 6.24. The second kappa shape index (κ2) is 6.86. The molecule has 0 saturated carbocycles. The summed E-state index contributed by atoms with van der Waals surface area (Å²) in [6.07, 6.45) is 8.64. The van der Waals surface area contributed by atoms with Gasteiger partial charge in [-0.25, -0.2) is 9.15 Å². The number of hydrogen-bond acceptors (Lipinski definition) is 1. The molecular formula is C20H34N2O+2. The molecule has 1 aliphatic rings. The fourth-order valence-corrected chi connectivity index (χ4v) is 2.15. The molecule has 0 unspecified atom stereocenters. The first-order chi connectivity index (χ1) is 10.3. The standard InChI is InChI=1S/C20H34N2O/c1-19(2,3)17-11-15(12-18(23-17)20(4,5)6)16(13-21(7)8)14-22(9)10/h11-14H,1-10H3/q+2. The lowest BCUT2D eigenvalue weighted by atomic mass is 9.86. The molecule has 0 amide bonds. The van der Waals surface area contributed by atoms with Gasteiger partial charge < -0.3 is 4.74 Å². The zero-order valence-electron chi connectivity index (χ0n) is 16.6. The molecule has 23 heavy (non-hydrogen) atoms. The van der Waals surface area contributed by atoms with Crippen LogP contribution in [0.5, 0.6) is 0 Å². The van der Waals surface area contributed by atoms with Gasteiger partial charge in [0, 0.05) is 16.4 Å². The van der Waals surface area contributed by atoms with E-state index in [9.17, 15) is 0 Å². The largest absolute Gasteiger partial charge is 0.465 e. The summed E-state index contributed by atoms with van der Waals surface area (Å²) >= 11 is 0. The minimum atomic E-state index is -0.0304. The van der Waals surface area contributed by atoms with Gasteiger partial charge in [0.25, 0.3) is 0 Å². The van der Waals surface area contributed by atoms with E-state index >= 15 is 0 Å². The van der Waals surface area contributed by atoms with Crippen molar-refractivity contribution in [2.75, 3.05) is 28.2 Å². The van der Waals surface area contributed by atoms with Crippen molar-refractivity contribution in [1.82, 2.24) is 0 Å². The number of nitrogens with zero attached hydrogens (tertiary/aromatic N) is 2. The Morgan fingerprint density at radius 3 is 1.39 bits per heavy atom. The van der Waals surface area contributed by atoms with E-state index in [1.54, 1.807) is 0 Å². The molecule has 0 N–H and O–H groups in total. The van der Waals surface area contributed by atoms with E-state index in [0.29, 0.717) is 0 Å². The predicted octanol–water partition coefficient (Wildman–Crippen LogP) is 3.86. The minimum Gasteiger partial charge on any atom is -0.465 e. The summed E-state index contributed by atoms with van der Waals surface area (Å²) in [5.74, 6) is 2.02. The summed E-state index contributed by atoms with van der Waals surface area (Å²) in [6, 6.07) is 0. The Morgan fingerprint density at radius 1 is 0.783 bits per heavy atom. The molecule has 0 aromatic carbocycles. The van der Waals surface area contributed by atoms with E-state index in [1.807, 2.05) is 28.2 Å². The van der Waals surface area contributed by atoms with Gasteiger partial charge in [-0.3, -0.25) is 0 Å². The van der Waals surface area contributed by atoms with E-state index in [1.165, 1.54) is 11.1 Å². The zero-order valence-corrected chi connectivity index (χ0v) is 16.6. The third-order valence-electron chi connectivity index (χ3n) is 3.40. The van der Waals surface area contributed by atoms with Gasteiger partial charge in [-0.15, -0.1) is 0 Å². The van der Waals surface area contributed by atoms with Crippen LogP contribution in [0.25, 0.3) is 0 Å². The van der Waals surface area contributed by atoms with E-state index in [0.717, 1.165) is 11.5 Å². The van der Waals surface area contributed by atoms with Gasteiger partial charge in [0.05, 0.1) is 0 Å². The van der Waals surface area contributed by atoms with E-state index in [2.05, 4.69) is 75.3 Å². The van der Waals surface area contributed by atoms with Gasteiger partial charge in [0.2, 0.25) is 0 Å². The Hall–Kier alpha value is -1.64. The van der Waals surface area contributed by atoms with Crippen molar-refractivity contribution in [2.45, 2.75) is 41.5 Å². The van der Waals surface area contributed by atoms with Gasteiger partial charge in [-0.2, -0.15) is 0 Å². The van der Waals surface area contributed by atoms with Crippen molar-refractivity contribution in [3.63, 3.8) is 0 Å². The molecule has 0 aromatic heterocycles. The third-order valence-corrected chi connectivity index (χ3v) is 3.40. The molecule has 1 heterocycles. The first kappa shape index (κ1) is 19.4. The summed E-state index contributed by atoms with van der Waals surface area (Å²) in [5, 5.41) is 0. The highest BCUT2D eigenvalue weighted by molar-refractivity contribution is 6.02. The highest BCUT2D eigenvalue weighted by Crippen LogP contribution is 2.39. The number of ether oxygens (including phenoxy) is 1. The topological polar surface area (TPSA) is 15.2 Å². The predicted molar refractivity (Wildman–Crippen MR) is 99.5 cm³/mol. The molecule has 0 atom stereocenters. The molecular weight excluding hydrogens is 284 g/mol. The van der Waals surface area contributed by atoms with Crippen LogP contribution in [0.15, 0.2) is 34.8 Å². The summed E-state index contributed by atoms with van der Waals surface area (Å²) < 4.78 is 10.4. The maximum absolute atomic E-state index is 6.24. The van der Waals surface area contributed by atoms with Gasteiger partial charge >= 0.3 is 0 Å². The molecule has 0 aromatic rings. The molecule has 128 valence electrons. The second-order valence-electron chi connectivity index (χ2n) is 8.72. The van der Waals surface area contributed by atoms with Crippen LogP contribution < -0.4 is 0 Å². The summed E-state index contributed by atoms with van der Waals surface area (Å²) in [5.41, 5.74) is 2.30. The van der Waals surface area contributed by atoms with Crippen LogP contribution in [0.3, 0.4) is 0 Å². The van der Waals surface area contributed by atoms with Crippen molar-refractivity contribution in [3.8, 4) is 0 Å². The van der Waals surface area contributed by atoms with Crippen LogP contribution in [-0.2, 0) is 4.74 Å².